The van der Waals surface area contributed by atoms with Crippen LogP contribution in [0, 0.1) is 0 Å². The van der Waals surface area contributed by atoms with E-state index in [4.69, 9.17) is 4.12 Å². The van der Waals surface area contributed by atoms with E-state index in [1.165, 1.54) is 0 Å². The van der Waals surface area contributed by atoms with E-state index in [0.29, 0.717) is 5.04 Å². The van der Waals surface area contributed by atoms with Gasteiger partial charge in [0.25, 0.3) is 0 Å². The van der Waals surface area contributed by atoms with Crippen molar-refractivity contribution in [3.8, 4) is 0 Å². The van der Waals surface area contributed by atoms with E-state index >= 15 is 0 Å². The highest BCUT2D eigenvalue weighted by Crippen LogP contribution is 2.36. The van der Waals surface area contributed by atoms with Gasteiger partial charge in [-0.25, -0.2) is 0 Å². The molecule has 0 saturated heterocycles. The molecule has 0 aromatic heterocycles. The van der Waals surface area contributed by atoms with Crippen molar-refractivity contribution in [2.75, 3.05) is 0 Å². The van der Waals surface area contributed by atoms with Crippen LogP contribution in [0.15, 0.2) is 12.3 Å². The Bertz CT molecular complexity index is 158. The maximum absolute atomic E-state index is 6.11. The number of rotatable bonds is 3. The normalized spacial score (nSPS) is 15.8. The Hall–Kier alpha value is 0.134. The number of hydrogen-bond acceptors (Lipinski definition) is 1. The van der Waals surface area contributed by atoms with Gasteiger partial charge in [0, 0.05) is 0 Å². The molecule has 0 aromatic rings. The average molecular weight is 202 g/mol. The zero-order valence-electron chi connectivity index (χ0n) is 9.27. The SMILES string of the molecule is C=C[SiH](C)O[Si](C)(C)C(C)(C)C. The Morgan fingerprint density at radius 2 is 1.75 bits per heavy atom. The molecule has 0 bridgehead atoms. The topological polar surface area (TPSA) is 9.23 Å². The molecule has 0 aliphatic rings. The Kier molecular flexibility index (Phi) is 3.94. The van der Waals surface area contributed by atoms with Crippen LogP contribution in [0.1, 0.15) is 20.8 Å². The Labute approximate surface area is 79.7 Å². The summed E-state index contributed by atoms with van der Waals surface area (Å²) in [4.78, 5) is 0. The van der Waals surface area contributed by atoms with Crippen molar-refractivity contribution in [2.45, 2.75) is 45.5 Å². The molecule has 0 aliphatic heterocycles. The zero-order chi connectivity index (χ0) is 9.99. The second kappa shape index (κ2) is 3.89. The molecule has 72 valence electrons. The van der Waals surface area contributed by atoms with Gasteiger partial charge in [-0.3, -0.25) is 0 Å². The predicted molar refractivity (Wildman–Crippen MR) is 61.5 cm³/mol. The molecule has 0 fully saturated rings. The minimum atomic E-state index is -1.50. The number of hydrogen-bond donors (Lipinski definition) is 0. The summed E-state index contributed by atoms with van der Waals surface area (Å²) in [5.74, 6) is 0. The second-order valence-electron chi connectivity index (χ2n) is 4.82. The van der Waals surface area contributed by atoms with Gasteiger partial charge < -0.3 is 4.12 Å². The monoisotopic (exact) mass is 202 g/mol. The predicted octanol–water partition coefficient (Wildman–Crippen LogP) is 3.09. The lowest BCUT2D eigenvalue weighted by Crippen LogP contribution is -2.44. The first-order valence-electron chi connectivity index (χ1n) is 4.51. The van der Waals surface area contributed by atoms with E-state index in [1.54, 1.807) is 0 Å². The maximum atomic E-state index is 6.11. The summed E-state index contributed by atoms with van der Waals surface area (Å²) in [6.07, 6.45) is 0. The van der Waals surface area contributed by atoms with Crippen LogP contribution in [0.3, 0.4) is 0 Å². The van der Waals surface area contributed by atoms with Crippen LogP contribution in [-0.2, 0) is 4.12 Å². The molecule has 0 aromatic carbocycles. The molecule has 0 rings (SSSR count). The molecular weight excluding hydrogens is 180 g/mol. The van der Waals surface area contributed by atoms with Crippen molar-refractivity contribution in [3.63, 3.8) is 0 Å². The highest BCUT2D eigenvalue weighted by atomic mass is 28.4. The summed E-state index contributed by atoms with van der Waals surface area (Å²) in [5, 5.41) is 0.331. The Morgan fingerprint density at radius 1 is 1.33 bits per heavy atom. The Balaban J connectivity index is 4.32. The minimum absolute atomic E-state index is 0.331. The first-order chi connectivity index (χ1) is 5.20. The van der Waals surface area contributed by atoms with E-state index in [0.717, 1.165) is 0 Å². The molecule has 0 spiro atoms. The van der Waals surface area contributed by atoms with Gasteiger partial charge in [-0.2, -0.15) is 0 Å². The van der Waals surface area contributed by atoms with Crippen LogP contribution >= 0.6 is 0 Å². The van der Waals surface area contributed by atoms with E-state index in [9.17, 15) is 0 Å². The van der Waals surface area contributed by atoms with Crippen LogP contribution in [0.5, 0.6) is 0 Å². The van der Waals surface area contributed by atoms with Crippen molar-refractivity contribution in [1.82, 2.24) is 0 Å². The maximum Gasteiger partial charge on any atom is 0.184 e. The van der Waals surface area contributed by atoms with E-state index in [-0.39, 0.29) is 0 Å². The summed E-state index contributed by atoms with van der Waals surface area (Å²) >= 11 is 0. The van der Waals surface area contributed by atoms with Crippen molar-refractivity contribution in [2.24, 2.45) is 0 Å². The smallest absolute Gasteiger partial charge is 0.184 e. The van der Waals surface area contributed by atoms with Gasteiger partial charge in [0.05, 0.1) is 0 Å². The van der Waals surface area contributed by atoms with Crippen molar-refractivity contribution in [3.05, 3.63) is 12.3 Å². The molecule has 1 nitrogen and oxygen atoms in total. The summed E-state index contributed by atoms with van der Waals surface area (Å²) < 4.78 is 6.11. The first-order valence-corrected chi connectivity index (χ1v) is 9.71. The summed E-state index contributed by atoms with van der Waals surface area (Å²) in [5.41, 5.74) is 2.00. The highest BCUT2D eigenvalue weighted by Gasteiger charge is 2.37. The molecule has 1 unspecified atom stereocenters. The van der Waals surface area contributed by atoms with Crippen LogP contribution in [0.4, 0.5) is 0 Å². The minimum Gasteiger partial charge on any atom is -0.454 e. The van der Waals surface area contributed by atoms with Gasteiger partial charge in [0.2, 0.25) is 0 Å². The Morgan fingerprint density at radius 3 is 2.00 bits per heavy atom. The third kappa shape index (κ3) is 3.25. The zero-order valence-corrected chi connectivity index (χ0v) is 11.4. The van der Waals surface area contributed by atoms with E-state index in [1.807, 2.05) is 5.70 Å². The molecule has 1 atom stereocenters. The summed E-state index contributed by atoms with van der Waals surface area (Å²) in [6, 6.07) is 0. The van der Waals surface area contributed by atoms with Crippen LogP contribution in [-0.4, -0.2) is 17.4 Å². The van der Waals surface area contributed by atoms with E-state index < -0.39 is 17.4 Å². The first kappa shape index (κ1) is 12.1. The van der Waals surface area contributed by atoms with Gasteiger partial charge >= 0.3 is 0 Å². The molecule has 0 aliphatic carbocycles. The molecule has 3 heteroatoms. The molecule has 0 N–H and O–H groups in total. The molecule has 12 heavy (non-hydrogen) atoms. The standard InChI is InChI=1S/C9H22OSi2/c1-8-11(5)10-12(6,7)9(2,3)4/h8,11H,1H2,2-7H3. The lowest BCUT2D eigenvalue weighted by molar-refractivity contribution is 0.510. The molecule has 0 heterocycles. The van der Waals surface area contributed by atoms with Crippen LogP contribution in [0.2, 0.25) is 24.7 Å². The van der Waals surface area contributed by atoms with Crippen LogP contribution in [0.25, 0.3) is 0 Å². The average Bonchev–Trinajstić information content (AvgIpc) is 1.84. The van der Waals surface area contributed by atoms with Gasteiger partial charge in [-0.05, 0) is 24.7 Å². The molecule has 0 radical (unpaired) electrons. The lowest BCUT2D eigenvalue weighted by Gasteiger charge is -2.38. The molecular formula is C9H22OSi2. The second-order valence-corrected chi connectivity index (χ2v) is 12.2. The van der Waals surface area contributed by atoms with Crippen molar-refractivity contribution in [1.29, 1.82) is 0 Å². The van der Waals surface area contributed by atoms with Gasteiger partial charge in [-0.1, -0.05) is 26.5 Å². The lowest BCUT2D eigenvalue weighted by atomic mass is 10.2. The fraction of sp³-hybridized carbons (Fsp3) is 0.778. The quantitative estimate of drug-likeness (QED) is 0.639. The van der Waals surface area contributed by atoms with E-state index in [2.05, 4.69) is 47.0 Å². The van der Waals surface area contributed by atoms with Gasteiger partial charge in [-0.15, -0.1) is 6.58 Å². The van der Waals surface area contributed by atoms with Crippen molar-refractivity contribution >= 4 is 17.4 Å². The fourth-order valence-electron chi connectivity index (χ4n) is 0.690. The van der Waals surface area contributed by atoms with Crippen molar-refractivity contribution < 1.29 is 4.12 Å². The molecule has 0 amide bonds. The molecule has 0 saturated carbocycles. The highest BCUT2D eigenvalue weighted by molar-refractivity contribution is 6.81. The van der Waals surface area contributed by atoms with Crippen LogP contribution < -0.4 is 0 Å². The third-order valence-electron chi connectivity index (χ3n) is 2.62. The van der Waals surface area contributed by atoms with Gasteiger partial charge in [0.1, 0.15) is 0 Å². The fourth-order valence-corrected chi connectivity index (χ4v) is 6.21. The largest absolute Gasteiger partial charge is 0.454 e. The summed E-state index contributed by atoms with van der Waals surface area (Å²) in [7, 11) is -2.58. The van der Waals surface area contributed by atoms with Gasteiger partial charge in [0.15, 0.2) is 17.4 Å². The third-order valence-corrected chi connectivity index (χ3v) is 10.7. The summed E-state index contributed by atoms with van der Waals surface area (Å²) in [6.45, 7) is 17.4.